The molecule has 1 aromatic rings. The van der Waals surface area contributed by atoms with E-state index in [-0.39, 0.29) is 16.7 Å². The maximum absolute atomic E-state index is 13.0. The highest BCUT2D eigenvalue weighted by atomic mass is 35.5. The third kappa shape index (κ3) is 3.15. The van der Waals surface area contributed by atoms with E-state index in [0.717, 1.165) is 25.5 Å². The molecule has 0 saturated carbocycles. The number of rotatable bonds is 2. The molecule has 1 fully saturated rings. The van der Waals surface area contributed by atoms with Gasteiger partial charge < -0.3 is 10.1 Å². The number of piperidine rings is 1. The Morgan fingerprint density at radius 2 is 2.11 bits per heavy atom. The van der Waals surface area contributed by atoms with Crippen molar-refractivity contribution in [2.24, 2.45) is 0 Å². The number of ether oxygens (including phenoxy) is 1. The minimum Gasteiger partial charge on any atom is -0.496 e. The summed E-state index contributed by atoms with van der Waals surface area (Å²) < 4.78 is 44.0. The first-order valence-corrected chi connectivity index (χ1v) is 6.46. The second-order valence-corrected chi connectivity index (χ2v) is 5.05. The minimum absolute atomic E-state index is 0.00324. The normalized spacial score (nSPS) is 20.4. The summed E-state index contributed by atoms with van der Waals surface area (Å²) in [4.78, 5) is 0. The van der Waals surface area contributed by atoms with E-state index >= 15 is 0 Å². The number of hydrogen-bond donors (Lipinski definition) is 1. The molecule has 0 spiro atoms. The maximum Gasteiger partial charge on any atom is 0.420 e. The molecule has 0 bridgehead atoms. The van der Waals surface area contributed by atoms with Crippen molar-refractivity contribution in [1.82, 2.24) is 5.32 Å². The summed E-state index contributed by atoms with van der Waals surface area (Å²) >= 11 is 5.83. The van der Waals surface area contributed by atoms with Crippen LogP contribution in [0.25, 0.3) is 0 Å². The van der Waals surface area contributed by atoms with Gasteiger partial charge >= 0.3 is 6.18 Å². The first-order chi connectivity index (χ1) is 8.93. The number of nitrogens with one attached hydrogen (secondary N) is 1. The van der Waals surface area contributed by atoms with E-state index < -0.39 is 11.7 Å². The summed E-state index contributed by atoms with van der Waals surface area (Å²) in [7, 11) is 1.26. The standard InChI is InChI=1S/C13H15ClF3NO/c1-19-12-10(8-3-2-4-18-7-8)5-9(14)6-11(12)13(15,16)17/h5-6,8,18H,2-4,7H2,1H3. The van der Waals surface area contributed by atoms with Crippen molar-refractivity contribution in [3.63, 3.8) is 0 Å². The van der Waals surface area contributed by atoms with Crippen LogP contribution in [0.5, 0.6) is 5.75 Å². The van der Waals surface area contributed by atoms with Crippen LogP contribution in [-0.2, 0) is 6.18 Å². The smallest absolute Gasteiger partial charge is 0.420 e. The molecule has 1 unspecified atom stereocenters. The topological polar surface area (TPSA) is 21.3 Å². The van der Waals surface area contributed by atoms with Gasteiger partial charge in [0.05, 0.1) is 12.7 Å². The van der Waals surface area contributed by atoms with Crippen LogP contribution >= 0.6 is 11.6 Å². The van der Waals surface area contributed by atoms with Crippen molar-refractivity contribution in [1.29, 1.82) is 0 Å². The van der Waals surface area contributed by atoms with E-state index in [1.54, 1.807) is 6.07 Å². The molecular formula is C13H15ClF3NO. The van der Waals surface area contributed by atoms with Gasteiger partial charge in [0.15, 0.2) is 0 Å². The molecule has 106 valence electrons. The number of halogens is 4. The molecule has 1 atom stereocenters. The van der Waals surface area contributed by atoms with Gasteiger partial charge in [0.25, 0.3) is 0 Å². The Morgan fingerprint density at radius 1 is 1.37 bits per heavy atom. The first-order valence-electron chi connectivity index (χ1n) is 6.09. The van der Waals surface area contributed by atoms with Crippen LogP contribution in [0.15, 0.2) is 12.1 Å². The Bertz CT molecular complexity index is 456. The van der Waals surface area contributed by atoms with Gasteiger partial charge in [-0.3, -0.25) is 0 Å². The monoisotopic (exact) mass is 293 g/mol. The minimum atomic E-state index is -4.47. The Hall–Kier alpha value is -0.940. The largest absolute Gasteiger partial charge is 0.496 e. The first kappa shape index (κ1) is 14.5. The van der Waals surface area contributed by atoms with E-state index in [0.29, 0.717) is 12.1 Å². The molecule has 2 rings (SSSR count). The van der Waals surface area contributed by atoms with Gasteiger partial charge in [-0.15, -0.1) is 0 Å². The van der Waals surface area contributed by atoms with Crippen LogP contribution < -0.4 is 10.1 Å². The molecule has 2 nitrogen and oxygen atoms in total. The number of alkyl halides is 3. The molecule has 1 heterocycles. The molecule has 19 heavy (non-hydrogen) atoms. The fraction of sp³-hybridized carbons (Fsp3) is 0.538. The predicted molar refractivity (Wildman–Crippen MR) is 67.9 cm³/mol. The molecule has 1 aliphatic rings. The highest BCUT2D eigenvalue weighted by molar-refractivity contribution is 6.30. The van der Waals surface area contributed by atoms with Gasteiger partial charge in [0.1, 0.15) is 5.75 Å². The van der Waals surface area contributed by atoms with E-state index in [4.69, 9.17) is 16.3 Å². The molecule has 0 aromatic heterocycles. The SMILES string of the molecule is COc1c(C2CCCNC2)cc(Cl)cc1C(F)(F)F. The molecular weight excluding hydrogens is 279 g/mol. The zero-order valence-electron chi connectivity index (χ0n) is 10.5. The summed E-state index contributed by atoms with van der Waals surface area (Å²) in [6, 6.07) is 2.49. The molecule has 0 amide bonds. The summed E-state index contributed by atoms with van der Waals surface area (Å²) in [6.07, 6.45) is -2.70. The van der Waals surface area contributed by atoms with E-state index in [1.807, 2.05) is 0 Å². The number of methoxy groups -OCH3 is 1. The Balaban J connectivity index is 2.50. The Labute approximate surface area is 114 Å². The van der Waals surface area contributed by atoms with Crippen LogP contribution in [0.1, 0.15) is 29.9 Å². The summed E-state index contributed by atoms with van der Waals surface area (Å²) in [5, 5.41) is 3.27. The van der Waals surface area contributed by atoms with Crippen LogP contribution in [-0.4, -0.2) is 20.2 Å². The lowest BCUT2D eigenvalue weighted by Gasteiger charge is -2.26. The second kappa shape index (κ2) is 5.59. The summed E-state index contributed by atoms with van der Waals surface area (Å²) in [5.41, 5.74) is -0.266. The van der Waals surface area contributed by atoms with Gasteiger partial charge in [-0.1, -0.05) is 11.6 Å². The van der Waals surface area contributed by atoms with Gasteiger partial charge in [-0.2, -0.15) is 13.2 Å². The Morgan fingerprint density at radius 3 is 2.63 bits per heavy atom. The van der Waals surface area contributed by atoms with Crippen LogP contribution in [0.3, 0.4) is 0 Å². The Kier molecular flexibility index (Phi) is 4.26. The van der Waals surface area contributed by atoms with Crippen molar-refractivity contribution in [2.75, 3.05) is 20.2 Å². The van der Waals surface area contributed by atoms with E-state index in [1.165, 1.54) is 7.11 Å². The molecule has 1 saturated heterocycles. The lowest BCUT2D eigenvalue weighted by atomic mass is 9.89. The van der Waals surface area contributed by atoms with Crippen LogP contribution in [0, 0.1) is 0 Å². The van der Waals surface area contributed by atoms with Gasteiger partial charge in [0, 0.05) is 23.0 Å². The third-order valence-corrected chi connectivity index (χ3v) is 3.55. The molecule has 1 aromatic carbocycles. The van der Waals surface area contributed by atoms with Crippen molar-refractivity contribution >= 4 is 11.6 Å². The number of hydrogen-bond acceptors (Lipinski definition) is 2. The maximum atomic E-state index is 13.0. The molecule has 0 radical (unpaired) electrons. The molecule has 1 aliphatic heterocycles. The third-order valence-electron chi connectivity index (χ3n) is 3.33. The highest BCUT2D eigenvalue weighted by Gasteiger charge is 2.37. The van der Waals surface area contributed by atoms with Gasteiger partial charge in [-0.25, -0.2) is 0 Å². The van der Waals surface area contributed by atoms with E-state index in [2.05, 4.69) is 5.32 Å². The molecule has 0 aliphatic carbocycles. The lowest BCUT2D eigenvalue weighted by molar-refractivity contribution is -0.138. The lowest BCUT2D eigenvalue weighted by Crippen LogP contribution is -2.29. The van der Waals surface area contributed by atoms with Gasteiger partial charge in [-0.05, 0) is 31.5 Å². The average Bonchev–Trinajstić information content (AvgIpc) is 2.37. The van der Waals surface area contributed by atoms with Crippen LogP contribution in [0.2, 0.25) is 5.02 Å². The summed E-state index contributed by atoms with van der Waals surface area (Å²) in [6.45, 7) is 1.54. The van der Waals surface area contributed by atoms with Gasteiger partial charge in [0.2, 0.25) is 0 Å². The average molecular weight is 294 g/mol. The van der Waals surface area contributed by atoms with Crippen molar-refractivity contribution in [2.45, 2.75) is 24.9 Å². The van der Waals surface area contributed by atoms with Crippen molar-refractivity contribution in [3.05, 3.63) is 28.3 Å². The number of benzene rings is 1. The molecule has 1 N–H and O–H groups in total. The van der Waals surface area contributed by atoms with Crippen molar-refractivity contribution in [3.8, 4) is 5.75 Å². The fourth-order valence-electron chi connectivity index (χ4n) is 2.47. The molecule has 6 heteroatoms. The second-order valence-electron chi connectivity index (χ2n) is 4.62. The quantitative estimate of drug-likeness (QED) is 0.895. The zero-order valence-corrected chi connectivity index (χ0v) is 11.2. The zero-order chi connectivity index (χ0) is 14.0. The fourth-order valence-corrected chi connectivity index (χ4v) is 2.70. The van der Waals surface area contributed by atoms with Crippen molar-refractivity contribution < 1.29 is 17.9 Å². The summed E-state index contributed by atoms with van der Waals surface area (Å²) in [5.74, 6) is -0.103. The van der Waals surface area contributed by atoms with E-state index in [9.17, 15) is 13.2 Å². The highest BCUT2D eigenvalue weighted by Crippen LogP contribution is 2.43. The van der Waals surface area contributed by atoms with Crippen LogP contribution in [0.4, 0.5) is 13.2 Å². The predicted octanol–water partition coefficient (Wildman–Crippen LogP) is 3.83.